The lowest BCUT2D eigenvalue weighted by Gasteiger charge is -2.12. The van der Waals surface area contributed by atoms with E-state index in [1.54, 1.807) is 18.2 Å². The first-order valence-corrected chi connectivity index (χ1v) is 6.64. The third-order valence-electron chi connectivity index (χ3n) is 2.95. The molecule has 0 heterocycles. The summed E-state index contributed by atoms with van der Waals surface area (Å²) in [6.07, 6.45) is 0. The summed E-state index contributed by atoms with van der Waals surface area (Å²) in [6.45, 7) is 1.52. The summed E-state index contributed by atoms with van der Waals surface area (Å²) in [5.41, 5.74) is 1.04. The van der Waals surface area contributed by atoms with E-state index in [9.17, 15) is 9.18 Å². The largest absolute Gasteiger partial charge is 0.496 e. The molecule has 0 saturated carbocycles. The molecule has 0 amide bonds. The van der Waals surface area contributed by atoms with Gasteiger partial charge in [-0.2, -0.15) is 0 Å². The van der Waals surface area contributed by atoms with Gasteiger partial charge in [0, 0.05) is 16.7 Å². The minimum absolute atomic E-state index is 0.119. The van der Waals surface area contributed by atoms with Crippen LogP contribution in [0.5, 0.6) is 11.5 Å². The first-order chi connectivity index (χ1) is 10.0. The number of carbonyl (C=O) groups excluding carboxylic acids is 1. The molecular formula is C16H14ClFO3. The van der Waals surface area contributed by atoms with Crippen LogP contribution in [0.25, 0.3) is 0 Å². The van der Waals surface area contributed by atoms with Crippen LogP contribution in [-0.2, 0) is 6.61 Å². The fourth-order valence-corrected chi connectivity index (χ4v) is 2.12. The van der Waals surface area contributed by atoms with E-state index in [4.69, 9.17) is 21.1 Å². The summed E-state index contributed by atoms with van der Waals surface area (Å²) in [7, 11) is 1.54. The summed E-state index contributed by atoms with van der Waals surface area (Å²) in [5.74, 6) is 0.154. The molecule has 0 radical (unpaired) electrons. The molecule has 0 saturated heterocycles. The molecule has 0 atom stereocenters. The van der Waals surface area contributed by atoms with Crippen LogP contribution < -0.4 is 9.47 Å². The van der Waals surface area contributed by atoms with E-state index in [1.807, 2.05) is 0 Å². The molecule has 0 N–H and O–H groups in total. The molecule has 5 heteroatoms. The van der Waals surface area contributed by atoms with Crippen molar-refractivity contribution < 1.29 is 18.7 Å². The maximum absolute atomic E-state index is 13.3. The predicted octanol–water partition coefficient (Wildman–Crippen LogP) is 4.27. The lowest BCUT2D eigenvalue weighted by Crippen LogP contribution is -2.03. The van der Waals surface area contributed by atoms with Gasteiger partial charge >= 0.3 is 0 Å². The molecule has 0 unspecified atom stereocenters. The van der Waals surface area contributed by atoms with Crippen molar-refractivity contribution in [2.75, 3.05) is 7.11 Å². The average molecular weight is 309 g/mol. The van der Waals surface area contributed by atoms with Gasteiger partial charge in [0.05, 0.1) is 12.7 Å². The molecule has 2 aromatic rings. The number of hydrogen-bond donors (Lipinski definition) is 0. The zero-order chi connectivity index (χ0) is 15.4. The Morgan fingerprint density at radius 2 is 1.95 bits per heavy atom. The lowest BCUT2D eigenvalue weighted by molar-refractivity contribution is 0.101. The second kappa shape index (κ2) is 6.59. The van der Waals surface area contributed by atoms with Crippen molar-refractivity contribution in [3.8, 4) is 11.5 Å². The molecule has 0 aliphatic carbocycles. The molecular weight excluding hydrogens is 295 g/mol. The Labute approximate surface area is 127 Å². The maximum Gasteiger partial charge on any atom is 0.163 e. The highest BCUT2D eigenvalue weighted by Crippen LogP contribution is 2.26. The Morgan fingerprint density at radius 1 is 1.19 bits per heavy atom. The van der Waals surface area contributed by atoms with Crippen molar-refractivity contribution in [3.05, 3.63) is 58.4 Å². The summed E-state index contributed by atoms with van der Waals surface area (Å²) in [6, 6.07) is 8.94. The number of halogens is 2. The van der Waals surface area contributed by atoms with Gasteiger partial charge in [-0.15, -0.1) is 0 Å². The van der Waals surface area contributed by atoms with Gasteiger partial charge in [-0.3, -0.25) is 4.79 Å². The molecule has 2 aromatic carbocycles. The molecule has 0 aromatic heterocycles. The quantitative estimate of drug-likeness (QED) is 0.774. The van der Waals surface area contributed by atoms with E-state index < -0.39 is 5.82 Å². The molecule has 3 nitrogen and oxygen atoms in total. The maximum atomic E-state index is 13.3. The van der Waals surface area contributed by atoms with Crippen LogP contribution in [0.2, 0.25) is 5.02 Å². The van der Waals surface area contributed by atoms with E-state index >= 15 is 0 Å². The standard InChI is InChI=1S/C16H14ClFO3/c1-10(19)14-5-4-13(18)8-16(14)21-9-11-7-12(17)3-6-15(11)20-2/h3-8H,9H2,1-2H3. The summed E-state index contributed by atoms with van der Waals surface area (Å²) >= 11 is 5.94. The van der Waals surface area contributed by atoms with Gasteiger partial charge < -0.3 is 9.47 Å². The Kier molecular flexibility index (Phi) is 4.81. The highest BCUT2D eigenvalue weighted by Gasteiger charge is 2.11. The fourth-order valence-electron chi connectivity index (χ4n) is 1.92. The lowest BCUT2D eigenvalue weighted by atomic mass is 10.1. The summed E-state index contributed by atoms with van der Waals surface area (Å²) in [4.78, 5) is 11.5. The number of hydrogen-bond acceptors (Lipinski definition) is 3. The molecule has 2 rings (SSSR count). The number of methoxy groups -OCH3 is 1. The third kappa shape index (κ3) is 3.73. The minimum Gasteiger partial charge on any atom is -0.496 e. The van der Waals surface area contributed by atoms with Crippen molar-refractivity contribution in [2.24, 2.45) is 0 Å². The molecule has 0 bridgehead atoms. The van der Waals surface area contributed by atoms with Crippen molar-refractivity contribution in [3.63, 3.8) is 0 Å². The first kappa shape index (κ1) is 15.3. The SMILES string of the molecule is COc1ccc(Cl)cc1COc1cc(F)ccc1C(C)=O. The van der Waals surface area contributed by atoms with Gasteiger partial charge in [-0.05, 0) is 37.3 Å². The van der Waals surface area contributed by atoms with Crippen molar-refractivity contribution in [1.82, 2.24) is 0 Å². The van der Waals surface area contributed by atoms with Gasteiger partial charge in [0.1, 0.15) is 23.9 Å². The number of benzene rings is 2. The van der Waals surface area contributed by atoms with Crippen molar-refractivity contribution >= 4 is 17.4 Å². The Hall–Kier alpha value is -2.07. The second-order valence-corrected chi connectivity index (χ2v) is 4.88. The van der Waals surface area contributed by atoms with E-state index in [0.717, 1.165) is 0 Å². The van der Waals surface area contributed by atoms with Gasteiger partial charge in [0.15, 0.2) is 5.78 Å². The number of ketones is 1. The highest BCUT2D eigenvalue weighted by atomic mass is 35.5. The molecule has 21 heavy (non-hydrogen) atoms. The van der Waals surface area contributed by atoms with Crippen LogP contribution in [0, 0.1) is 5.82 Å². The Balaban J connectivity index is 2.26. The minimum atomic E-state index is -0.465. The Morgan fingerprint density at radius 3 is 2.62 bits per heavy atom. The number of carbonyl (C=O) groups is 1. The zero-order valence-electron chi connectivity index (χ0n) is 11.7. The van der Waals surface area contributed by atoms with Crippen molar-refractivity contribution in [1.29, 1.82) is 0 Å². The van der Waals surface area contributed by atoms with Crippen molar-refractivity contribution in [2.45, 2.75) is 13.5 Å². The number of ether oxygens (including phenoxy) is 2. The smallest absolute Gasteiger partial charge is 0.163 e. The third-order valence-corrected chi connectivity index (χ3v) is 3.18. The molecule has 0 fully saturated rings. The molecule has 0 aliphatic rings. The van der Waals surface area contributed by atoms with Crippen LogP contribution >= 0.6 is 11.6 Å². The van der Waals surface area contributed by atoms with Gasteiger partial charge in [0.2, 0.25) is 0 Å². The van der Waals surface area contributed by atoms with Crippen LogP contribution in [0.4, 0.5) is 4.39 Å². The monoisotopic (exact) mass is 308 g/mol. The Bertz CT molecular complexity index is 671. The van der Waals surface area contributed by atoms with Crippen LogP contribution in [0.3, 0.4) is 0 Å². The summed E-state index contributed by atoms with van der Waals surface area (Å²) in [5, 5.41) is 0.542. The van der Waals surface area contributed by atoms with E-state index in [-0.39, 0.29) is 18.1 Å². The van der Waals surface area contributed by atoms with Crippen LogP contribution in [-0.4, -0.2) is 12.9 Å². The zero-order valence-corrected chi connectivity index (χ0v) is 12.4. The van der Waals surface area contributed by atoms with Gasteiger partial charge in [-0.1, -0.05) is 11.6 Å². The number of rotatable bonds is 5. The average Bonchev–Trinajstić information content (AvgIpc) is 2.45. The topological polar surface area (TPSA) is 35.5 Å². The summed E-state index contributed by atoms with van der Waals surface area (Å²) < 4.78 is 24.1. The van der Waals surface area contributed by atoms with Crippen LogP contribution in [0.1, 0.15) is 22.8 Å². The second-order valence-electron chi connectivity index (χ2n) is 4.44. The fraction of sp³-hybridized carbons (Fsp3) is 0.188. The normalized spacial score (nSPS) is 10.3. The molecule has 0 aliphatic heterocycles. The van der Waals surface area contributed by atoms with E-state index in [1.165, 1.54) is 32.2 Å². The molecule has 0 spiro atoms. The van der Waals surface area contributed by atoms with E-state index in [2.05, 4.69) is 0 Å². The number of Topliss-reactive ketones (excluding diaryl/α,β-unsaturated/α-hetero) is 1. The van der Waals surface area contributed by atoms with E-state index in [0.29, 0.717) is 21.9 Å². The molecule has 110 valence electrons. The van der Waals surface area contributed by atoms with Gasteiger partial charge in [0.25, 0.3) is 0 Å². The first-order valence-electron chi connectivity index (χ1n) is 6.27. The highest BCUT2D eigenvalue weighted by molar-refractivity contribution is 6.30. The predicted molar refractivity (Wildman–Crippen MR) is 78.7 cm³/mol. The van der Waals surface area contributed by atoms with Gasteiger partial charge in [-0.25, -0.2) is 4.39 Å². The van der Waals surface area contributed by atoms with Crippen LogP contribution in [0.15, 0.2) is 36.4 Å².